The van der Waals surface area contributed by atoms with Crippen LogP contribution in [0.15, 0.2) is 12.3 Å². The van der Waals surface area contributed by atoms with Crippen LogP contribution < -0.4 is 11.1 Å². The molecule has 0 aliphatic rings. The number of aromatic amines is 1. The standard InChI is InChI=1S/C6H7N3O3.C5H14N2/c1-7-6(10)5-2-4(3-8-5)9(11)12;1-7(2)5-3-4-6/h2-3,8H,1H3,(H,7,10);3-6H2,1-2H3. The number of nitrogens with two attached hydrogens (primary N) is 1. The molecule has 0 saturated heterocycles. The first-order chi connectivity index (χ1) is 8.92. The average Bonchev–Trinajstić information content (AvgIpc) is 2.85. The van der Waals surface area contributed by atoms with Crippen molar-refractivity contribution < 1.29 is 9.72 Å². The summed E-state index contributed by atoms with van der Waals surface area (Å²) >= 11 is 0. The Bertz CT molecular complexity index is 403. The molecular weight excluding hydrogens is 250 g/mol. The SMILES string of the molecule is CN(C)CCCN.CNC(=O)c1cc([N+](=O)[O-])c[nH]1. The highest BCUT2D eigenvalue weighted by atomic mass is 16.6. The molecule has 1 heterocycles. The largest absolute Gasteiger partial charge is 0.354 e. The molecule has 0 bridgehead atoms. The van der Waals surface area contributed by atoms with E-state index in [-0.39, 0.29) is 17.3 Å². The van der Waals surface area contributed by atoms with Gasteiger partial charge in [0.1, 0.15) is 5.69 Å². The van der Waals surface area contributed by atoms with E-state index in [1.165, 1.54) is 19.3 Å². The Morgan fingerprint density at radius 3 is 2.53 bits per heavy atom. The maximum atomic E-state index is 10.9. The van der Waals surface area contributed by atoms with Gasteiger partial charge in [-0.05, 0) is 33.6 Å². The van der Waals surface area contributed by atoms with Crippen LogP contribution in [0, 0.1) is 10.1 Å². The van der Waals surface area contributed by atoms with Crippen LogP contribution in [0.5, 0.6) is 0 Å². The number of carbonyl (C=O) groups is 1. The van der Waals surface area contributed by atoms with Crippen LogP contribution in [0.25, 0.3) is 0 Å². The van der Waals surface area contributed by atoms with Gasteiger partial charge in [0.25, 0.3) is 11.6 Å². The van der Waals surface area contributed by atoms with Crippen molar-refractivity contribution in [1.29, 1.82) is 0 Å². The number of amides is 1. The van der Waals surface area contributed by atoms with Crippen molar-refractivity contribution in [3.05, 3.63) is 28.1 Å². The lowest BCUT2D eigenvalue weighted by Crippen LogP contribution is -2.17. The van der Waals surface area contributed by atoms with Gasteiger partial charge in [0.05, 0.1) is 11.1 Å². The molecule has 0 unspecified atom stereocenters. The summed E-state index contributed by atoms with van der Waals surface area (Å²) in [5.74, 6) is -0.372. The van der Waals surface area contributed by atoms with E-state index in [9.17, 15) is 14.9 Å². The molecule has 0 saturated carbocycles. The van der Waals surface area contributed by atoms with E-state index >= 15 is 0 Å². The molecule has 8 heteroatoms. The maximum absolute atomic E-state index is 10.9. The molecule has 0 aromatic carbocycles. The predicted molar refractivity (Wildman–Crippen MR) is 73.1 cm³/mol. The number of rotatable bonds is 5. The van der Waals surface area contributed by atoms with Gasteiger partial charge in [0.15, 0.2) is 0 Å². The summed E-state index contributed by atoms with van der Waals surface area (Å²) < 4.78 is 0. The van der Waals surface area contributed by atoms with Crippen molar-refractivity contribution in [2.45, 2.75) is 6.42 Å². The Balaban J connectivity index is 0.000000399. The number of hydrogen-bond donors (Lipinski definition) is 3. The Morgan fingerprint density at radius 2 is 2.21 bits per heavy atom. The average molecular weight is 271 g/mol. The highest BCUT2D eigenvalue weighted by Gasteiger charge is 2.12. The molecule has 1 amide bonds. The monoisotopic (exact) mass is 271 g/mol. The Labute approximate surface area is 112 Å². The third-order valence-electron chi connectivity index (χ3n) is 2.16. The Morgan fingerprint density at radius 1 is 1.58 bits per heavy atom. The number of carbonyl (C=O) groups excluding carboxylic acids is 1. The number of nitrogens with one attached hydrogen (secondary N) is 2. The maximum Gasteiger partial charge on any atom is 0.287 e. The molecule has 1 aromatic heterocycles. The van der Waals surface area contributed by atoms with E-state index in [1.54, 1.807) is 0 Å². The number of nitrogens with zero attached hydrogens (tertiary/aromatic N) is 2. The number of H-pyrrole nitrogens is 1. The minimum Gasteiger partial charge on any atom is -0.354 e. The zero-order chi connectivity index (χ0) is 14.8. The van der Waals surface area contributed by atoms with Crippen molar-refractivity contribution in [2.75, 3.05) is 34.2 Å². The summed E-state index contributed by atoms with van der Waals surface area (Å²) in [6, 6.07) is 1.18. The lowest BCUT2D eigenvalue weighted by Gasteiger charge is -2.05. The van der Waals surface area contributed by atoms with Crippen LogP contribution in [-0.4, -0.2) is 54.9 Å². The van der Waals surface area contributed by atoms with E-state index in [0.717, 1.165) is 19.5 Å². The van der Waals surface area contributed by atoms with Crippen LogP contribution in [0.1, 0.15) is 16.9 Å². The molecule has 0 spiro atoms. The van der Waals surface area contributed by atoms with E-state index < -0.39 is 4.92 Å². The summed E-state index contributed by atoms with van der Waals surface area (Å²) in [7, 11) is 5.56. The van der Waals surface area contributed by atoms with E-state index in [2.05, 4.69) is 29.3 Å². The van der Waals surface area contributed by atoms with Crippen molar-refractivity contribution in [3.63, 3.8) is 0 Å². The smallest absolute Gasteiger partial charge is 0.287 e. The molecule has 19 heavy (non-hydrogen) atoms. The highest BCUT2D eigenvalue weighted by Crippen LogP contribution is 2.11. The molecule has 0 fully saturated rings. The van der Waals surface area contributed by atoms with Gasteiger partial charge in [-0.25, -0.2) is 0 Å². The first-order valence-electron chi connectivity index (χ1n) is 5.82. The first kappa shape index (κ1) is 17.1. The summed E-state index contributed by atoms with van der Waals surface area (Å²) in [5, 5.41) is 12.5. The zero-order valence-corrected chi connectivity index (χ0v) is 11.5. The molecule has 8 nitrogen and oxygen atoms in total. The van der Waals surface area contributed by atoms with E-state index in [0.29, 0.717) is 0 Å². The molecule has 0 aliphatic carbocycles. The third kappa shape index (κ3) is 7.17. The summed E-state index contributed by atoms with van der Waals surface area (Å²) in [5.41, 5.74) is 5.32. The second-order valence-electron chi connectivity index (χ2n) is 4.05. The number of nitro groups is 1. The van der Waals surface area contributed by atoms with Crippen molar-refractivity contribution >= 4 is 11.6 Å². The van der Waals surface area contributed by atoms with Crippen LogP contribution in [0.3, 0.4) is 0 Å². The third-order valence-corrected chi connectivity index (χ3v) is 2.16. The van der Waals surface area contributed by atoms with Crippen molar-refractivity contribution in [2.24, 2.45) is 5.73 Å². The molecule has 1 aromatic rings. The number of aromatic nitrogens is 1. The Hall–Kier alpha value is -1.93. The fourth-order valence-corrected chi connectivity index (χ4v) is 1.16. The van der Waals surface area contributed by atoms with Gasteiger partial charge in [0.2, 0.25) is 0 Å². The minimum atomic E-state index is -0.567. The summed E-state index contributed by atoms with van der Waals surface area (Å²) in [6.45, 7) is 1.91. The highest BCUT2D eigenvalue weighted by molar-refractivity contribution is 5.92. The lowest BCUT2D eigenvalue weighted by atomic mass is 10.4. The second-order valence-corrected chi connectivity index (χ2v) is 4.05. The Kier molecular flexibility index (Phi) is 8.14. The van der Waals surface area contributed by atoms with Gasteiger partial charge in [-0.2, -0.15) is 0 Å². The first-order valence-corrected chi connectivity index (χ1v) is 5.82. The predicted octanol–water partition coefficient (Wildman–Crippen LogP) is 0.179. The zero-order valence-electron chi connectivity index (χ0n) is 11.5. The van der Waals surface area contributed by atoms with Crippen LogP contribution in [0.4, 0.5) is 5.69 Å². The van der Waals surface area contributed by atoms with Gasteiger partial charge in [-0.15, -0.1) is 0 Å². The van der Waals surface area contributed by atoms with Crippen molar-refractivity contribution in [3.8, 4) is 0 Å². The molecule has 1 rings (SSSR count). The minimum absolute atomic E-state index is 0.117. The fourth-order valence-electron chi connectivity index (χ4n) is 1.16. The summed E-state index contributed by atoms with van der Waals surface area (Å²) in [4.78, 5) is 25.1. The van der Waals surface area contributed by atoms with Crippen LogP contribution >= 0.6 is 0 Å². The van der Waals surface area contributed by atoms with Gasteiger partial charge >= 0.3 is 0 Å². The van der Waals surface area contributed by atoms with Crippen LogP contribution in [-0.2, 0) is 0 Å². The van der Waals surface area contributed by atoms with E-state index in [1.807, 2.05) is 0 Å². The second kappa shape index (κ2) is 9.06. The lowest BCUT2D eigenvalue weighted by molar-refractivity contribution is -0.384. The van der Waals surface area contributed by atoms with Gasteiger partial charge < -0.3 is 20.9 Å². The normalized spacial score (nSPS) is 9.74. The van der Waals surface area contributed by atoms with E-state index in [4.69, 9.17) is 5.73 Å². The molecule has 108 valence electrons. The van der Waals surface area contributed by atoms with Crippen LogP contribution in [0.2, 0.25) is 0 Å². The topological polar surface area (TPSA) is 117 Å². The molecule has 0 aliphatic heterocycles. The van der Waals surface area contributed by atoms with Gasteiger partial charge in [-0.3, -0.25) is 14.9 Å². The summed E-state index contributed by atoms with van der Waals surface area (Å²) in [6.07, 6.45) is 2.28. The number of hydrogen-bond acceptors (Lipinski definition) is 5. The molecule has 0 atom stereocenters. The molecular formula is C11H21N5O3. The quantitative estimate of drug-likeness (QED) is 0.521. The van der Waals surface area contributed by atoms with Gasteiger partial charge in [0, 0.05) is 13.1 Å². The van der Waals surface area contributed by atoms with Crippen molar-refractivity contribution in [1.82, 2.24) is 15.2 Å². The molecule has 0 radical (unpaired) electrons. The van der Waals surface area contributed by atoms with Gasteiger partial charge in [-0.1, -0.05) is 0 Å². The molecule has 4 N–H and O–H groups in total. The fraction of sp³-hybridized carbons (Fsp3) is 0.545.